The maximum atomic E-state index is 12.8. The van der Waals surface area contributed by atoms with E-state index >= 15 is 0 Å². The molecule has 2 atom stereocenters. The Morgan fingerprint density at radius 2 is 1.65 bits per heavy atom. The lowest BCUT2D eigenvalue weighted by atomic mass is 10.0. The Balaban J connectivity index is 3.01. The SMILES string of the molecule is COC(=O)[C@@H](C)CN(C)C(=O)[C@H](c1cc(Cl)cc(Cl)c1)N(C)C. The molecule has 0 saturated carbocycles. The largest absolute Gasteiger partial charge is 0.469 e. The summed E-state index contributed by atoms with van der Waals surface area (Å²) in [7, 11) is 6.59. The summed E-state index contributed by atoms with van der Waals surface area (Å²) in [6.07, 6.45) is 0. The Bertz CT molecular complexity index is 558. The fourth-order valence-corrected chi connectivity index (χ4v) is 2.92. The maximum absolute atomic E-state index is 12.8. The average molecular weight is 361 g/mol. The van der Waals surface area contributed by atoms with Crippen molar-refractivity contribution in [2.45, 2.75) is 13.0 Å². The van der Waals surface area contributed by atoms with Gasteiger partial charge < -0.3 is 9.64 Å². The summed E-state index contributed by atoms with van der Waals surface area (Å²) in [5, 5.41) is 0.940. The van der Waals surface area contributed by atoms with Gasteiger partial charge in [-0.3, -0.25) is 14.5 Å². The topological polar surface area (TPSA) is 49.9 Å². The monoisotopic (exact) mass is 360 g/mol. The van der Waals surface area contributed by atoms with Crippen LogP contribution in [-0.4, -0.2) is 56.5 Å². The van der Waals surface area contributed by atoms with E-state index in [-0.39, 0.29) is 18.4 Å². The third-order valence-corrected chi connectivity index (χ3v) is 3.91. The number of amides is 1. The van der Waals surface area contributed by atoms with E-state index in [4.69, 9.17) is 27.9 Å². The molecule has 0 aliphatic carbocycles. The number of carbonyl (C=O) groups is 2. The molecule has 0 N–H and O–H groups in total. The second-order valence-corrected chi connectivity index (χ2v) is 6.58. The normalized spacial score (nSPS) is 13.6. The van der Waals surface area contributed by atoms with Gasteiger partial charge in [0.05, 0.1) is 13.0 Å². The van der Waals surface area contributed by atoms with Gasteiger partial charge in [0.2, 0.25) is 5.91 Å². The Kier molecular flexibility index (Phi) is 7.32. The highest BCUT2D eigenvalue weighted by molar-refractivity contribution is 6.34. The average Bonchev–Trinajstić information content (AvgIpc) is 2.44. The fourth-order valence-electron chi connectivity index (χ4n) is 2.38. The van der Waals surface area contributed by atoms with E-state index in [9.17, 15) is 9.59 Å². The van der Waals surface area contributed by atoms with E-state index in [1.54, 1.807) is 51.2 Å². The molecule has 0 saturated heterocycles. The number of methoxy groups -OCH3 is 1. The first-order chi connectivity index (χ1) is 10.7. The standard InChI is InChI=1S/C16H22Cl2N2O3/c1-10(16(22)23-5)9-20(4)15(21)14(19(2)3)11-6-12(17)8-13(18)7-11/h6-8,10,14H,9H2,1-5H3/t10-,14-/m0/s1. The number of carbonyl (C=O) groups excluding carboxylic acids is 2. The van der Waals surface area contributed by atoms with Gasteiger partial charge in [0, 0.05) is 23.6 Å². The molecule has 1 aromatic carbocycles. The van der Waals surface area contributed by atoms with E-state index < -0.39 is 12.0 Å². The molecule has 5 nitrogen and oxygen atoms in total. The Hall–Kier alpha value is -1.30. The first-order valence-corrected chi connectivity index (χ1v) is 7.88. The fraction of sp³-hybridized carbons (Fsp3) is 0.500. The molecule has 0 fully saturated rings. The van der Waals surface area contributed by atoms with Crippen LogP contribution in [0.5, 0.6) is 0 Å². The Morgan fingerprint density at radius 3 is 2.09 bits per heavy atom. The number of likely N-dealkylation sites (N-methyl/N-ethyl adjacent to an activating group) is 2. The van der Waals surface area contributed by atoms with Crippen LogP contribution in [-0.2, 0) is 14.3 Å². The molecule has 128 valence electrons. The number of hydrogen-bond acceptors (Lipinski definition) is 4. The summed E-state index contributed by atoms with van der Waals surface area (Å²) in [6, 6.07) is 4.51. The molecule has 1 rings (SSSR count). The van der Waals surface area contributed by atoms with E-state index in [2.05, 4.69) is 0 Å². The first kappa shape index (κ1) is 19.7. The van der Waals surface area contributed by atoms with Crippen molar-refractivity contribution in [2.24, 2.45) is 5.92 Å². The third kappa shape index (κ3) is 5.37. The number of benzene rings is 1. The first-order valence-electron chi connectivity index (χ1n) is 7.12. The van der Waals surface area contributed by atoms with Gasteiger partial charge in [-0.1, -0.05) is 30.1 Å². The highest BCUT2D eigenvalue weighted by atomic mass is 35.5. The number of ether oxygens (including phenoxy) is 1. The minimum Gasteiger partial charge on any atom is -0.469 e. The lowest BCUT2D eigenvalue weighted by molar-refractivity contribution is -0.146. The molecule has 1 aromatic rings. The third-order valence-electron chi connectivity index (χ3n) is 3.48. The van der Waals surface area contributed by atoms with E-state index in [1.807, 2.05) is 0 Å². The van der Waals surface area contributed by atoms with Gasteiger partial charge in [-0.05, 0) is 37.9 Å². The summed E-state index contributed by atoms with van der Waals surface area (Å²) < 4.78 is 4.69. The van der Waals surface area contributed by atoms with E-state index in [0.29, 0.717) is 15.6 Å². The van der Waals surface area contributed by atoms with Gasteiger partial charge in [0.15, 0.2) is 0 Å². The van der Waals surface area contributed by atoms with Crippen molar-refractivity contribution in [3.05, 3.63) is 33.8 Å². The Labute approximate surface area is 147 Å². The van der Waals surface area contributed by atoms with Crippen LogP contribution in [0.3, 0.4) is 0 Å². The zero-order valence-corrected chi connectivity index (χ0v) is 15.5. The number of esters is 1. The zero-order chi connectivity index (χ0) is 17.7. The van der Waals surface area contributed by atoms with Gasteiger partial charge >= 0.3 is 5.97 Å². The summed E-state index contributed by atoms with van der Waals surface area (Å²) in [5.74, 6) is -0.902. The van der Waals surface area contributed by atoms with Crippen LogP contribution in [0, 0.1) is 5.92 Å². The van der Waals surface area contributed by atoms with Crippen LogP contribution in [0.15, 0.2) is 18.2 Å². The van der Waals surface area contributed by atoms with Crippen LogP contribution in [0.1, 0.15) is 18.5 Å². The second kappa shape index (κ2) is 8.52. The lowest BCUT2D eigenvalue weighted by Crippen LogP contribution is -2.41. The number of nitrogens with zero attached hydrogens (tertiary/aromatic N) is 2. The zero-order valence-electron chi connectivity index (χ0n) is 14.0. The molecule has 0 spiro atoms. The Morgan fingerprint density at radius 1 is 1.13 bits per heavy atom. The van der Waals surface area contributed by atoms with Crippen LogP contribution >= 0.6 is 23.2 Å². The van der Waals surface area contributed by atoms with Crippen LogP contribution < -0.4 is 0 Å². The minimum absolute atomic E-state index is 0.149. The summed E-state index contributed by atoms with van der Waals surface area (Å²) in [6.45, 7) is 1.99. The van der Waals surface area contributed by atoms with Crippen molar-refractivity contribution in [1.29, 1.82) is 0 Å². The van der Waals surface area contributed by atoms with Crippen molar-refractivity contribution >= 4 is 35.1 Å². The molecule has 0 radical (unpaired) electrons. The number of halogens is 2. The number of rotatable bonds is 6. The van der Waals surface area contributed by atoms with Crippen LogP contribution in [0.2, 0.25) is 10.0 Å². The summed E-state index contributed by atoms with van der Waals surface area (Å²) in [4.78, 5) is 27.6. The van der Waals surface area contributed by atoms with Gasteiger partial charge in [0.1, 0.15) is 6.04 Å². The predicted octanol–water partition coefficient (Wildman–Crippen LogP) is 2.86. The van der Waals surface area contributed by atoms with Gasteiger partial charge in [-0.15, -0.1) is 0 Å². The van der Waals surface area contributed by atoms with Gasteiger partial charge in [-0.25, -0.2) is 0 Å². The quantitative estimate of drug-likeness (QED) is 0.731. The molecular weight excluding hydrogens is 339 g/mol. The highest BCUT2D eigenvalue weighted by Gasteiger charge is 2.28. The lowest BCUT2D eigenvalue weighted by Gasteiger charge is -2.29. The molecule has 23 heavy (non-hydrogen) atoms. The van der Waals surface area contributed by atoms with Crippen molar-refractivity contribution in [3.8, 4) is 0 Å². The molecule has 0 aliphatic heterocycles. The van der Waals surface area contributed by atoms with Crippen molar-refractivity contribution in [1.82, 2.24) is 9.80 Å². The van der Waals surface area contributed by atoms with E-state index in [0.717, 1.165) is 0 Å². The summed E-state index contributed by atoms with van der Waals surface area (Å²) >= 11 is 12.1. The van der Waals surface area contributed by atoms with Crippen molar-refractivity contribution < 1.29 is 14.3 Å². The van der Waals surface area contributed by atoms with Crippen molar-refractivity contribution in [2.75, 3.05) is 34.8 Å². The summed E-state index contributed by atoms with van der Waals surface area (Å²) in [5.41, 5.74) is 0.704. The second-order valence-electron chi connectivity index (χ2n) is 5.71. The molecule has 7 heteroatoms. The molecule has 0 aromatic heterocycles. The highest BCUT2D eigenvalue weighted by Crippen LogP contribution is 2.27. The molecule has 0 aliphatic rings. The van der Waals surface area contributed by atoms with Crippen LogP contribution in [0.25, 0.3) is 0 Å². The van der Waals surface area contributed by atoms with Gasteiger partial charge in [-0.2, -0.15) is 0 Å². The maximum Gasteiger partial charge on any atom is 0.310 e. The predicted molar refractivity (Wildman–Crippen MR) is 91.7 cm³/mol. The van der Waals surface area contributed by atoms with Crippen LogP contribution in [0.4, 0.5) is 0 Å². The van der Waals surface area contributed by atoms with Gasteiger partial charge in [0.25, 0.3) is 0 Å². The molecular formula is C16H22Cl2N2O3. The molecule has 0 heterocycles. The number of hydrogen-bond donors (Lipinski definition) is 0. The molecule has 0 unspecified atom stereocenters. The molecule has 1 amide bonds. The van der Waals surface area contributed by atoms with E-state index in [1.165, 1.54) is 12.0 Å². The minimum atomic E-state index is -0.541. The molecule has 0 bridgehead atoms. The van der Waals surface area contributed by atoms with Crippen molar-refractivity contribution in [3.63, 3.8) is 0 Å². The smallest absolute Gasteiger partial charge is 0.310 e.